The minimum absolute atomic E-state index is 2.28. The summed E-state index contributed by atoms with van der Waals surface area (Å²) < 4.78 is 95.9. The molecule has 0 N–H and O–H groups in total. The second kappa shape index (κ2) is 4.54. The topological polar surface area (TPSA) is 0 Å². The largest absolute Gasteiger partial charge is 0.366 e. The lowest BCUT2D eigenvalue weighted by atomic mass is 10.1. The van der Waals surface area contributed by atoms with Gasteiger partial charge in [0.05, 0.1) is 6.42 Å². The Bertz CT molecular complexity index is 254. The Kier molecular flexibility index (Phi) is 4.38. The molecule has 0 nitrogen and oxygen atoms in total. The van der Waals surface area contributed by atoms with Gasteiger partial charge in [0, 0.05) is 0 Å². The first-order chi connectivity index (χ1) is 6.52. The molecule has 0 aromatic rings. The number of allylic oxidation sites excluding steroid dienone is 1. The van der Waals surface area contributed by atoms with Gasteiger partial charge < -0.3 is 0 Å². The number of alkyl halides is 6. The molecular weight excluding hydrogens is 260 g/mol. The first kappa shape index (κ1) is 14.5. The van der Waals surface area contributed by atoms with Gasteiger partial charge in [-0.05, 0) is 0 Å². The van der Waals surface area contributed by atoms with Crippen molar-refractivity contribution < 1.29 is 35.1 Å². The van der Waals surface area contributed by atoms with Crippen molar-refractivity contribution in [2.45, 2.75) is 23.9 Å². The molecule has 1 atom stereocenters. The zero-order valence-corrected chi connectivity index (χ0v) is 7.44. The predicted octanol–water partition coefficient (Wildman–Crippen LogP) is 4.26. The number of hydrogen-bond donors (Lipinski definition) is 0. The van der Waals surface area contributed by atoms with E-state index in [1.54, 1.807) is 0 Å². The van der Waals surface area contributed by atoms with Crippen molar-refractivity contribution in [3.63, 3.8) is 0 Å². The van der Waals surface area contributed by atoms with Crippen molar-refractivity contribution in [1.29, 1.82) is 0 Å². The highest BCUT2D eigenvalue weighted by Gasteiger charge is 2.61. The Hall–Kier alpha value is -0.530. The average Bonchev–Trinajstić information content (AvgIpc) is 1.99. The summed E-state index contributed by atoms with van der Waals surface area (Å²) >= 11 is 4.35. The summed E-state index contributed by atoms with van der Waals surface area (Å²) in [5.41, 5.74) is -2.90. The summed E-state index contributed by atoms with van der Waals surface area (Å²) in [7, 11) is 0. The van der Waals surface area contributed by atoms with Crippen LogP contribution < -0.4 is 0 Å². The Morgan fingerprint density at radius 2 is 1.47 bits per heavy atom. The minimum atomic E-state index is -5.79. The monoisotopic (exact) mass is 262 g/mol. The fourth-order valence-electron chi connectivity index (χ4n) is 0.601. The highest BCUT2D eigenvalue weighted by Crippen LogP contribution is 2.45. The van der Waals surface area contributed by atoms with E-state index in [1.807, 2.05) is 0 Å². The van der Waals surface area contributed by atoms with E-state index in [-0.39, 0.29) is 0 Å². The van der Waals surface area contributed by atoms with Gasteiger partial charge in [0.1, 0.15) is 0 Å². The number of hydrogen-bond acceptors (Lipinski definition) is 0. The lowest BCUT2D eigenvalue weighted by Crippen LogP contribution is -2.42. The highest BCUT2D eigenvalue weighted by atomic mass is 35.5. The summed E-state index contributed by atoms with van der Waals surface area (Å²) in [6.07, 6.45) is -5.87. The molecule has 0 aliphatic heterocycles. The SMILES string of the molecule is FC(F)=C(F)C(F)(F)C(F)(F)CC(F)Cl. The molecular formula is C6H3ClF8. The van der Waals surface area contributed by atoms with E-state index < -0.39 is 35.8 Å². The summed E-state index contributed by atoms with van der Waals surface area (Å²) in [6.45, 7) is 0. The molecule has 0 saturated heterocycles. The van der Waals surface area contributed by atoms with Gasteiger partial charge in [0.15, 0.2) is 5.63 Å². The molecule has 9 heteroatoms. The van der Waals surface area contributed by atoms with E-state index in [0.717, 1.165) is 0 Å². The van der Waals surface area contributed by atoms with Crippen LogP contribution in [0.1, 0.15) is 6.42 Å². The maximum Gasteiger partial charge on any atom is 0.366 e. The molecule has 0 aliphatic rings. The van der Waals surface area contributed by atoms with Crippen molar-refractivity contribution in [3.8, 4) is 0 Å². The fraction of sp³-hybridized carbons (Fsp3) is 0.667. The Balaban J connectivity index is 5.10. The third kappa shape index (κ3) is 3.22. The molecule has 1 unspecified atom stereocenters. The second-order valence-electron chi connectivity index (χ2n) is 2.45. The zero-order chi connectivity index (χ0) is 12.4. The van der Waals surface area contributed by atoms with E-state index in [0.29, 0.717) is 0 Å². The average molecular weight is 263 g/mol. The summed E-state index contributed by atoms with van der Waals surface area (Å²) in [4.78, 5) is 0. The van der Waals surface area contributed by atoms with Gasteiger partial charge in [-0.25, -0.2) is 4.39 Å². The van der Waals surface area contributed by atoms with Gasteiger partial charge in [0.25, 0.3) is 0 Å². The van der Waals surface area contributed by atoms with Gasteiger partial charge >= 0.3 is 17.9 Å². The van der Waals surface area contributed by atoms with Gasteiger partial charge in [-0.15, -0.1) is 0 Å². The predicted molar refractivity (Wildman–Crippen MR) is 35.6 cm³/mol. The summed E-state index contributed by atoms with van der Waals surface area (Å²) in [6, 6.07) is 0. The van der Waals surface area contributed by atoms with Crippen LogP contribution >= 0.6 is 11.6 Å². The highest BCUT2D eigenvalue weighted by molar-refractivity contribution is 6.19. The Labute approximate surface area is 83.5 Å². The molecule has 0 bridgehead atoms. The Morgan fingerprint density at radius 3 is 1.73 bits per heavy atom. The van der Waals surface area contributed by atoms with Crippen LogP contribution in [-0.4, -0.2) is 17.5 Å². The maximum atomic E-state index is 12.4. The maximum absolute atomic E-state index is 12.4. The molecule has 90 valence electrons. The second-order valence-corrected chi connectivity index (χ2v) is 2.92. The first-order valence-electron chi connectivity index (χ1n) is 3.27. The van der Waals surface area contributed by atoms with Crippen molar-refractivity contribution in [2.24, 2.45) is 0 Å². The molecule has 0 radical (unpaired) electrons. The van der Waals surface area contributed by atoms with Crippen LogP contribution in [0.15, 0.2) is 11.9 Å². The summed E-state index contributed by atoms with van der Waals surface area (Å²) in [5, 5.41) is 0. The van der Waals surface area contributed by atoms with Gasteiger partial charge in [-0.3, -0.25) is 0 Å². The van der Waals surface area contributed by atoms with E-state index in [4.69, 9.17) is 0 Å². The van der Waals surface area contributed by atoms with Crippen molar-refractivity contribution in [1.82, 2.24) is 0 Å². The van der Waals surface area contributed by atoms with E-state index in [9.17, 15) is 35.1 Å². The zero-order valence-electron chi connectivity index (χ0n) is 6.69. The molecule has 0 spiro atoms. The van der Waals surface area contributed by atoms with Crippen molar-refractivity contribution >= 4 is 11.6 Å². The van der Waals surface area contributed by atoms with Crippen LogP contribution in [0.4, 0.5) is 35.1 Å². The van der Waals surface area contributed by atoms with Crippen LogP contribution in [0, 0.1) is 0 Å². The molecule has 0 rings (SSSR count). The lowest BCUT2D eigenvalue weighted by molar-refractivity contribution is -0.203. The number of halogens is 9. The molecule has 0 amide bonds. The number of rotatable bonds is 4. The third-order valence-corrected chi connectivity index (χ3v) is 1.47. The molecule has 0 heterocycles. The Morgan fingerprint density at radius 1 is 1.07 bits per heavy atom. The third-order valence-electron chi connectivity index (χ3n) is 1.31. The first-order valence-corrected chi connectivity index (χ1v) is 3.71. The molecule has 15 heavy (non-hydrogen) atoms. The lowest BCUT2D eigenvalue weighted by Gasteiger charge is -2.24. The van der Waals surface area contributed by atoms with Crippen LogP contribution in [0.2, 0.25) is 0 Å². The van der Waals surface area contributed by atoms with Crippen molar-refractivity contribution in [2.75, 3.05) is 0 Å². The molecule has 0 fully saturated rings. The van der Waals surface area contributed by atoms with E-state index in [1.165, 1.54) is 0 Å². The molecule has 0 aromatic carbocycles. The van der Waals surface area contributed by atoms with E-state index >= 15 is 0 Å². The smallest absolute Gasteiger partial charge is 0.230 e. The van der Waals surface area contributed by atoms with Crippen molar-refractivity contribution in [3.05, 3.63) is 11.9 Å². The van der Waals surface area contributed by atoms with Crippen LogP contribution in [0.3, 0.4) is 0 Å². The van der Waals surface area contributed by atoms with E-state index in [2.05, 4.69) is 11.6 Å². The van der Waals surface area contributed by atoms with Crippen LogP contribution in [0.5, 0.6) is 0 Å². The standard InChI is InChI=1S/C6H3ClF8/c7-2(8)1-5(12,13)6(14,15)3(9)4(10)11/h2H,1H2. The fourth-order valence-corrected chi connectivity index (χ4v) is 0.795. The summed E-state index contributed by atoms with van der Waals surface area (Å²) in [5.74, 6) is -14.7. The normalized spacial score (nSPS) is 15.0. The quantitative estimate of drug-likeness (QED) is 0.524. The minimum Gasteiger partial charge on any atom is -0.230 e. The van der Waals surface area contributed by atoms with Crippen LogP contribution in [-0.2, 0) is 0 Å². The van der Waals surface area contributed by atoms with Gasteiger partial charge in [0.2, 0.25) is 5.83 Å². The van der Waals surface area contributed by atoms with Crippen LogP contribution in [0.25, 0.3) is 0 Å². The van der Waals surface area contributed by atoms with Gasteiger partial charge in [-0.2, -0.15) is 30.7 Å². The van der Waals surface area contributed by atoms with Gasteiger partial charge in [-0.1, -0.05) is 11.6 Å². The molecule has 0 saturated carbocycles. The molecule has 0 aromatic heterocycles. The molecule has 0 aliphatic carbocycles.